The van der Waals surface area contributed by atoms with Crippen molar-refractivity contribution in [3.8, 4) is 6.07 Å². The molecule has 0 bridgehead atoms. The van der Waals surface area contributed by atoms with Crippen molar-refractivity contribution in [2.75, 3.05) is 17.6 Å². The minimum Gasteiger partial charge on any atom is -0.343 e. The summed E-state index contributed by atoms with van der Waals surface area (Å²) in [6, 6.07) is 9.72. The highest BCUT2D eigenvalue weighted by Gasteiger charge is 2.30. The first-order valence-electron chi connectivity index (χ1n) is 8.25. The van der Waals surface area contributed by atoms with E-state index in [9.17, 15) is 9.59 Å². The lowest BCUT2D eigenvalue weighted by molar-refractivity contribution is -0.127. The normalized spacial score (nSPS) is 20.0. The summed E-state index contributed by atoms with van der Waals surface area (Å²) in [6.07, 6.45) is 4.17. The molecule has 2 amide bonds. The van der Waals surface area contributed by atoms with Crippen LogP contribution in [0.4, 0.5) is 5.69 Å². The minimum atomic E-state index is -0.0846. The number of nitrogens with zero attached hydrogens (tertiary/aromatic N) is 1. The number of benzene rings is 1. The van der Waals surface area contributed by atoms with Crippen LogP contribution < -0.4 is 10.6 Å². The van der Waals surface area contributed by atoms with Gasteiger partial charge >= 0.3 is 0 Å². The molecule has 2 rings (SSSR count). The molecule has 0 heterocycles. The fourth-order valence-corrected chi connectivity index (χ4v) is 4.27. The highest BCUT2D eigenvalue weighted by Crippen LogP contribution is 2.35. The van der Waals surface area contributed by atoms with Crippen molar-refractivity contribution >= 4 is 29.3 Å². The molecule has 1 aliphatic rings. The number of thioether (sulfide) groups is 1. The van der Waals surface area contributed by atoms with Gasteiger partial charge in [-0.25, -0.2) is 0 Å². The smallest absolute Gasteiger partial charge is 0.224 e. The van der Waals surface area contributed by atoms with Crippen LogP contribution in [0.15, 0.2) is 29.2 Å². The van der Waals surface area contributed by atoms with Crippen molar-refractivity contribution in [1.82, 2.24) is 5.32 Å². The van der Waals surface area contributed by atoms with Gasteiger partial charge in [-0.15, -0.1) is 11.8 Å². The van der Waals surface area contributed by atoms with E-state index >= 15 is 0 Å². The molecule has 0 aromatic heterocycles. The molecular formula is C18H23N3O2S. The lowest BCUT2D eigenvalue weighted by Crippen LogP contribution is -2.37. The van der Waals surface area contributed by atoms with Crippen LogP contribution in [0.3, 0.4) is 0 Å². The summed E-state index contributed by atoms with van der Waals surface area (Å²) in [6.45, 7) is 1.57. The van der Waals surface area contributed by atoms with Gasteiger partial charge in [0, 0.05) is 29.2 Å². The second-order valence-electron chi connectivity index (χ2n) is 6.05. The first-order valence-corrected chi connectivity index (χ1v) is 9.24. The number of nitrogens with one attached hydrogen (secondary N) is 2. The van der Waals surface area contributed by atoms with Gasteiger partial charge < -0.3 is 10.6 Å². The van der Waals surface area contributed by atoms with Gasteiger partial charge in [-0.2, -0.15) is 5.26 Å². The standard InChI is InChI=1S/C18H23N3O2S/c1-13(22)21-15-6-4-7-16(11-15)24-12-14-5-2-3-8-17(14)18(23)20-10-9-19/h4,6-7,11,14,17H,2-3,5,8,10,12H2,1H3,(H,20,23)(H,21,22)/t14-,17+/m1/s1. The lowest BCUT2D eigenvalue weighted by atomic mass is 9.80. The van der Waals surface area contributed by atoms with Crippen molar-refractivity contribution in [2.45, 2.75) is 37.5 Å². The number of nitriles is 1. The highest BCUT2D eigenvalue weighted by atomic mass is 32.2. The van der Waals surface area contributed by atoms with Gasteiger partial charge in [-0.05, 0) is 37.0 Å². The summed E-state index contributed by atoms with van der Waals surface area (Å²) in [5, 5.41) is 14.1. The zero-order chi connectivity index (χ0) is 17.4. The van der Waals surface area contributed by atoms with Crippen molar-refractivity contribution < 1.29 is 9.59 Å². The average molecular weight is 345 g/mol. The van der Waals surface area contributed by atoms with E-state index in [1.54, 1.807) is 11.8 Å². The number of anilines is 1. The van der Waals surface area contributed by atoms with Gasteiger partial charge in [0.05, 0.1) is 6.07 Å². The molecule has 128 valence electrons. The van der Waals surface area contributed by atoms with Crippen molar-refractivity contribution in [3.05, 3.63) is 24.3 Å². The topological polar surface area (TPSA) is 82.0 Å². The van der Waals surface area contributed by atoms with Crippen LogP contribution in [-0.4, -0.2) is 24.1 Å². The van der Waals surface area contributed by atoms with E-state index in [2.05, 4.69) is 10.6 Å². The zero-order valence-corrected chi connectivity index (χ0v) is 14.7. The summed E-state index contributed by atoms with van der Waals surface area (Å²) < 4.78 is 0. The zero-order valence-electron chi connectivity index (χ0n) is 13.9. The highest BCUT2D eigenvalue weighted by molar-refractivity contribution is 7.99. The van der Waals surface area contributed by atoms with E-state index in [1.807, 2.05) is 30.3 Å². The van der Waals surface area contributed by atoms with Crippen LogP contribution in [-0.2, 0) is 9.59 Å². The molecule has 1 aromatic rings. The Hall–Kier alpha value is -2.00. The quantitative estimate of drug-likeness (QED) is 0.613. The summed E-state index contributed by atoms with van der Waals surface area (Å²) in [7, 11) is 0. The minimum absolute atomic E-state index is 0.00173. The largest absolute Gasteiger partial charge is 0.343 e. The van der Waals surface area contributed by atoms with Crippen LogP contribution in [0.5, 0.6) is 0 Å². The molecule has 0 saturated heterocycles. The number of hydrogen-bond acceptors (Lipinski definition) is 4. The van der Waals surface area contributed by atoms with Crippen LogP contribution in [0.25, 0.3) is 0 Å². The fourth-order valence-electron chi connectivity index (χ4n) is 3.08. The third kappa shape index (κ3) is 5.57. The van der Waals surface area contributed by atoms with Crippen molar-refractivity contribution in [1.29, 1.82) is 5.26 Å². The van der Waals surface area contributed by atoms with Gasteiger partial charge in [0.25, 0.3) is 0 Å². The monoisotopic (exact) mass is 345 g/mol. The molecule has 2 N–H and O–H groups in total. The Kier molecular flexibility index (Phi) is 7.13. The molecule has 0 spiro atoms. The second kappa shape index (κ2) is 9.33. The Morgan fingerprint density at radius 1 is 1.33 bits per heavy atom. The Balaban J connectivity index is 1.94. The Labute approximate surface area is 147 Å². The first kappa shape index (κ1) is 18.3. The molecule has 1 fully saturated rings. The average Bonchev–Trinajstić information content (AvgIpc) is 2.58. The van der Waals surface area contributed by atoms with E-state index in [0.29, 0.717) is 5.92 Å². The predicted molar refractivity (Wildman–Crippen MR) is 95.5 cm³/mol. The molecule has 1 aliphatic carbocycles. The number of amides is 2. The van der Waals surface area contributed by atoms with Crippen LogP contribution >= 0.6 is 11.8 Å². The van der Waals surface area contributed by atoms with Gasteiger partial charge in [-0.3, -0.25) is 9.59 Å². The van der Waals surface area contributed by atoms with E-state index in [-0.39, 0.29) is 24.3 Å². The van der Waals surface area contributed by atoms with Crippen LogP contribution in [0, 0.1) is 23.2 Å². The third-order valence-electron chi connectivity index (χ3n) is 4.21. The summed E-state index contributed by atoms with van der Waals surface area (Å²) in [5.74, 6) is 1.12. The molecule has 24 heavy (non-hydrogen) atoms. The maximum Gasteiger partial charge on any atom is 0.224 e. The number of carbonyl (C=O) groups excluding carboxylic acids is 2. The summed E-state index contributed by atoms with van der Waals surface area (Å²) in [5.41, 5.74) is 0.791. The summed E-state index contributed by atoms with van der Waals surface area (Å²) >= 11 is 1.72. The second-order valence-corrected chi connectivity index (χ2v) is 7.14. The molecule has 0 aliphatic heterocycles. The van der Waals surface area contributed by atoms with Gasteiger partial charge in [0.15, 0.2) is 0 Å². The van der Waals surface area contributed by atoms with Crippen LogP contribution in [0.1, 0.15) is 32.6 Å². The Morgan fingerprint density at radius 3 is 2.88 bits per heavy atom. The molecule has 1 saturated carbocycles. The van der Waals surface area contributed by atoms with Gasteiger partial charge in [0.2, 0.25) is 11.8 Å². The maximum atomic E-state index is 12.2. The summed E-state index contributed by atoms with van der Waals surface area (Å²) in [4.78, 5) is 24.5. The van der Waals surface area contributed by atoms with Crippen molar-refractivity contribution in [3.63, 3.8) is 0 Å². The fraction of sp³-hybridized carbons (Fsp3) is 0.500. The first-order chi connectivity index (χ1) is 11.6. The SMILES string of the molecule is CC(=O)Nc1cccc(SC[C@H]2CCCC[C@@H]2C(=O)NCC#N)c1. The van der Waals surface area contributed by atoms with E-state index in [0.717, 1.165) is 42.0 Å². The molecule has 0 radical (unpaired) electrons. The molecule has 5 nitrogen and oxygen atoms in total. The third-order valence-corrected chi connectivity index (χ3v) is 5.39. The number of rotatable bonds is 6. The van der Waals surface area contributed by atoms with E-state index in [4.69, 9.17) is 5.26 Å². The molecule has 0 unspecified atom stereocenters. The van der Waals surface area contributed by atoms with E-state index < -0.39 is 0 Å². The van der Waals surface area contributed by atoms with E-state index in [1.165, 1.54) is 6.92 Å². The molecular weight excluding hydrogens is 322 g/mol. The molecule has 1 aromatic carbocycles. The molecule has 2 atom stereocenters. The van der Waals surface area contributed by atoms with Gasteiger partial charge in [-0.1, -0.05) is 18.9 Å². The molecule has 6 heteroatoms. The van der Waals surface area contributed by atoms with Gasteiger partial charge in [0.1, 0.15) is 6.54 Å². The number of hydrogen-bond donors (Lipinski definition) is 2. The predicted octanol–water partition coefficient (Wildman–Crippen LogP) is 3.18. The number of carbonyl (C=O) groups is 2. The lowest BCUT2D eigenvalue weighted by Gasteiger charge is -2.30. The van der Waals surface area contributed by atoms with Crippen molar-refractivity contribution in [2.24, 2.45) is 11.8 Å². The van der Waals surface area contributed by atoms with Crippen LogP contribution in [0.2, 0.25) is 0 Å². The maximum absolute atomic E-state index is 12.2. The Bertz CT molecular complexity index is 627. The Morgan fingerprint density at radius 2 is 2.12 bits per heavy atom.